The van der Waals surface area contributed by atoms with E-state index in [4.69, 9.17) is 4.74 Å². The van der Waals surface area contributed by atoms with Gasteiger partial charge >= 0.3 is 0 Å². The Kier molecular flexibility index (Phi) is 5.73. The highest BCUT2D eigenvalue weighted by molar-refractivity contribution is 7.89. The van der Waals surface area contributed by atoms with Crippen LogP contribution in [0, 0.1) is 6.92 Å². The van der Waals surface area contributed by atoms with Crippen LogP contribution in [0.5, 0.6) is 0 Å². The third-order valence-corrected chi connectivity index (χ3v) is 6.75. The van der Waals surface area contributed by atoms with Crippen LogP contribution in [-0.2, 0) is 14.8 Å². The molecule has 8 heteroatoms. The van der Waals surface area contributed by atoms with Crippen molar-refractivity contribution < 1.29 is 17.9 Å². The first-order chi connectivity index (χ1) is 12.0. The molecular weight excluding hydrogens is 342 g/mol. The van der Waals surface area contributed by atoms with Crippen LogP contribution < -0.4 is 10.6 Å². The van der Waals surface area contributed by atoms with Gasteiger partial charge in [0.25, 0.3) is 5.91 Å². The topological polar surface area (TPSA) is 87.7 Å². The molecule has 1 unspecified atom stereocenters. The summed E-state index contributed by atoms with van der Waals surface area (Å²) in [5, 5.41) is 6.21. The molecule has 0 aliphatic carbocycles. The van der Waals surface area contributed by atoms with Gasteiger partial charge in [-0.25, -0.2) is 8.42 Å². The highest BCUT2D eigenvalue weighted by atomic mass is 32.2. The number of carbonyl (C=O) groups excluding carboxylic acids is 1. The SMILES string of the molecule is Cc1ccc(C(=O)NCC2CCCN2)cc1S(=O)(=O)N1CCOCC1. The fourth-order valence-electron chi connectivity index (χ4n) is 3.19. The van der Waals surface area contributed by atoms with Crippen molar-refractivity contribution in [1.29, 1.82) is 0 Å². The first-order valence-corrected chi connectivity index (χ1v) is 10.1. The van der Waals surface area contributed by atoms with E-state index in [0.29, 0.717) is 50.0 Å². The number of ether oxygens (including phenoxy) is 1. The van der Waals surface area contributed by atoms with Crippen molar-refractivity contribution in [3.05, 3.63) is 29.3 Å². The van der Waals surface area contributed by atoms with Gasteiger partial charge in [-0.2, -0.15) is 4.31 Å². The Morgan fingerprint density at radius 2 is 2.12 bits per heavy atom. The maximum Gasteiger partial charge on any atom is 0.251 e. The average Bonchev–Trinajstić information content (AvgIpc) is 3.14. The Bertz CT molecular complexity index is 723. The molecule has 1 aromatic carbocycles. The molecule has 1 atom stereocenters. The zero-order chi connectivity index (χ0) is 17.9. The van der Waals surface area contributed by atoms with Crippen LogP contribution in [0.15, 0.2) is 23.1 Å². The maximum atomic E-state index is 12.9. The summed E-state index contributed by atoms with van der Waals surface area (Å²) in [4.78, 5) is 12.6. The molecule has 1 aromatic rings. The molecule has 0 saturated carbocycles. The molecule has 2 N–H and O–H groups in total. The standard InChI is InChI=1S/C17H25N3O4S/c1-13-4-5-14(17(21)19-12-15-3-2-6-18-15)11-16(13)25(22,23)20-7-9-24-10-8-20/h4-5,11,15,18H,2-3,6-10,12H2,1H3,(H,19,21). The maximum absolute atomic E-state index is 12.9. The van der Waals surface area contributed by atoms with Crippen molar-refractivity contribution >= 4 is 15.9 Å². The Morgan fingerprint density at radius 3 is 2.80 bits per heavy atom. The second kappa shape index (κ2) is 7.82. The lowest BCUT2D eigenvalue weighted by atomic mass is 10.1. The molecular formula is C17H25N3O4S. The van der Waals surface area contributed by atoms with Crippen molar-refractivity contribution in [2.75, 3.05) is 39.4 Å². The van der Waals surface area contributed by atoms with E-state index in [0.717, 1.165) is 19.4 Å². The van der Waals surface area contributed by atoms with Gasteiger partial charge in [0.1, 0.15) is 0 Å². The minimum absolute atomic E-state index is 0.195. The molecule has 3 rings (SSSR count). The van der Waals surface area contributed by atoms with Gasteiger partial charge in [0.05, 0.1) is 18.1 Å². The van der Waals surface area contributed by atoms with Crippen LogP contribution in [-0.4, -0.2) is 64.1 Å². The van der Waals surface area contributed by atoms with Crippen molar-refractivity contribution in [2.24, 2.45) is 0 Å². The summed E-state index contributed by atoms with van der Waals surface area (Å²) >= 11 is 0. The highest BCUT2D eigenvalue weighted by Crippen LogP contribution is 2.22. The molecule has 2 aliphatic heterocycles. The molecule has 138 valence electrons. The first-order valence-electron chi connectivity index (χ1n) is 8.68. The normalized spacial score (nSPS) is 22.0. The lowest BCUT2D eigenvalue weighted by Crippen LogP contribution is -2.41. The second-order valence-electron chi connectivity index (χ2n) is 6.50. The zero-order valence-corrected chi connectivity index (χ0v) is 15.3. The molecule has 0 aromatic heterocycles. The van der Waals surface area contributed by atoms with Crippen molar-refractivity contribution in [3.63, 3.8) is 0 Å². The largest absolute Gasteiger partial charge is 0.379 e. The van der Waals surface area contributed by atoms with E-state index in [1.807, 2.05) is 0 Å². The predicted molar refractivity (Wildman–Crippen MR) is 94.1 cm³/mol. The summed E-state index contributed by atoms with van der Waals surface area (Å²) < 4.78 is 32.4. The number of rotatable bonds is 5. The van der Waals surface area contributed by atoms with Crippen LogP contribution in [0.2, 0.25) is 0 Å². The van der Waals surface area contributed by atoms with Gasteiger partial charge in [0, 0.05) is 31.2 Å². The molecule has 2 fully saturated rings. The fraction of sp³-hybridized carbons (Fsp3) is 0.588. The molecule has 2 saturated heterocycles. The molecule has 7 nitrogen and oxygen atoms in total. The number of hydrogen-bond donors (Lipinski definition) is 2. The van der Waals surface area contributed by atoms with Crippen molar-refractivity contribution in [3.8, 4) is 0 Å². The third kappa shape index (κ3) is 4.20. The van der Waals surface area contributed by atoms with E-state index in [2.05, 4.69) is 10.6 Å². The van der Waals surface area contributed by atoms with Crippen molar-refractivity contribution in [2.45, 2.75) is 30.7 Å². The van der Waals surface area contributed by atoms with E-state index in [9.17, 15) is 13.2 Å². The summed E-state index contributed by atoms with van der Waals surface area (Å²) in [5.41, 5.74) is 1.01. The smallest absolute Gasteiger partial charge is 0.251 e. The van der Waals surface area contributed by atoms with Crippen LogP contribution in [0.25, 0.3) is 0 Å². The number of hydrogen-bond acceptors (Lipinski definition) is 5. The molecule has 25 heavy (non-hydrogen) atoms. The minimum atomic E-state index is -3.62. The van der Waals surface area contributed by atoms with E-state index in [1.165, 1.54) is 10.4 Å². The van der Waals surface area contributed by atoms with Crippen LogP contribution in [0.1, 0.15) is 28.8 Å². The zero-order valence-electron chi connectivity index (χ0n) is 14.5. The number of carbonyl (C=O) groups is 1. The molecule has 0 bridgehead atoms. The van der Waals surface area contributed by atoms with Crippen molar-refractivity contribution in [1.82, 2.24) is 14.9 Å². The number of amides is 1. The molecule has 0 spiro atoms. The van der Waals surface area contributed by atoms with Crippen LogP contribution in [0.4, 0.5) is 0 Å². The lowest BCUT2D eigenvalue weighted by molar-refractivity contribution is 0.0730. The Hall–Kier alpha value is -1.48. The molecule has 2 aliphatic rings. The van der Waals surface area contributed by atoms with E-state index in [1.54, 1.807) is 19.1 Å². The first kappa shape index (κ1) is 18.3. The summed E-state index contributed by atoms with van der Waals surface area (Å²) in [6.45, 7) is 4.75. The quantitative estimate of drug-likeness (QED) is 0.791. The lowest BCUT2D eigenvalue weighted by Gasteiger charge is -2.26. The minimum Gasteiger partial charge on any atom is -0.379 e. The Labute approximate surface area is 148 Å². The van der Waals surface area contributed by atoms with Crippen LogP contribution >= 0.6 is 0 Å². The number of morpholine rings is 1. The second-order valence-corrected chi connectivity index (χ2v) is 8.41. The summed E-state index contributed by atoms with van der Waals surface area (Å²) in [5.74, 6) is -0.243. The number of nitrogens with one attached hydrogen (secondary N) is 2. The predicted octanol–water partition coefficient (Wildman–Crippen LogP) is 0.498. The average molecular weight is 367 g/mol. The number of sulfonamides is 1. The fourth-order valence-corrected chi connectivity index (χ4v) is 4.85. The summed E-state index contributed by atoms with van der Waals surface area (Å²) in [6.07, 6.45) is 2.16. The van der Waals surface area contributed by atoms with E-state index >= 15 is 0 Å². The number of nitrogens with zero attached hydrogens (tertiary/aromatic N) is 1. The molecule has 2 heterocycles. The van der Waals surface area contributed by atoms with Gasteiger partial charge in [-0.05, 0) is 44.0 Å². The van der Waals surface area contributed by atoms with Gasteiger partial charge in [-0.1, -0.05) is 6.07 Å². The van der Waals surface area contributed by atoms with Gasteiger partial charge in [-0.15, -0.1) is 0 Å². The summed E-state index contributed by atoms with van der Waals surface area (Å²) in [6, 6.07) is 5.14. The van der Waals surface area contributed by atoms with E-state index < -0.39 is 10.0 Å². The molecule has 1 amide bonds. The van der Waals surface area contributed by atoms with Gasteiger partial charge in [0.2, 0.25) is 10.0 Å². The van der Waals surface area contributed by atoms with E-state index in [-0.39, 0.29) is 10.8 Å². The number of aryl methyl sites for hydroxylation is 1. The van der Waals surface area contributed by atoms with Gasteiger partial charge in [0.15, 0.2) is 0 Å². The Morgan fingerprint density at radius 1 is 1.36 bits per heavy atom. The van der Waals surface area contributed by atoms with Crippen LogP contribution in [0.3, 0.4) is 0 Å². The highest BCUT2D eigenvalue weighted by Gasteiger charge is 2.28. The molecule has 0 radical (unpaired) electrons. The third-order valence-electron chi connectivity index (χ3n) is 4.71. The monoisotopic (exact) mass is 367 g/mol. The summed E-state index contributed by atoms with van der Waals surface area (Å²) in [7, 11) is -3.62. The Balaban J connectivity index is 1.76. The van der Waals surface area contributed by atoms with Gasteiger partial charge < -0.3 is 15.4 Å². The van der Waals surface area contributed by atoms with Gasteiger partial charge in [-0.3, -0.25) is 4.79 Å². The number of benzene rings is 1.